The molecule has 0 amide bonds. The highest BCUT2D eigenvalue weighted by Gasteiger charge is 1.79. The monoisotopic (exact) mass is 106 g/mol. The maximum Gasteiger partial charge on any atom is 0.0122 e. The topological polar surface area (TPSA) is 29.3 Å². The molecule has 3 heteroatoms. The fraction of sp³-hybridized carbons (Fsp3) is 0.667. The third kappa shape index (κ3) is 2.38. The van der Waals surface area contributed by atoms with Crippen LogP contribution >= 0.6 is 10.7 Å². The highest BCUT2D eigenvalue weighted by Crippen LogP contribution is 1.99. The van der Waals surface area contributed by atoms with E-state index in [1.54, 1.807) is 11.5 Å². The van der Waals surface area contributed by atoms with Crippen molar-refractivity contribution in [3.05, 3.63) is 0 Å². The van der Waals surface area contributed by atoms with Crippen LogP contribution in [0.1, 0.15) is 0 Å². The van der Waals surface area contributed by atoms with Crippen molar-refractivity contribution in [2.45, 2.75) is 0 Å². The van der Waals surface area contributed by atoms with Gasteiger partial charge in [-0.2, -0.15) is 0 Å². The standard InChI is InChI=1S/C3H10N2S/c1-5(4)6(2)3/h2,4H2,1,3H3. The van der Waals surface area contributed by atoms with Crippen molar-refractivity contribution in [2.24, 2.45) is 5.84 Å². The van der Waals surface area contributed by atoms with E-state index < -0.39 is 0 Å². The molecule has 0 aromatic rings. The fourth-order valence-corrected chi connectivity index (χ4v) is 0. The molecule has 0 spiro atoms. The predicted octanol–water partition coefficient (Wildman–Crippen LogP) is 0.0376. The van der Waals surface area contributed by atoms with Crippen molar-refractivity contribution in [3.8, 4) is 0 Å². The zero-order valence-electron chi connectivity index (χ0n) is 4.14. The summed E-state index contributed by atoms with van der Waals surface area (Å²) >= 11 is 0. The normalized spacial score (nSPS) is 15.3. The zero-order chi connectivity index (χ0) is 5.15. The third-order valence-electron chi connectivity index (χ3n) is 0.492. The summed E-state index contributed by atoms with van der Waals surface area (Å²) < 4.78 is 1.58. The average Bonchev–Trinajstić information content (AvgIpc) is 1.36. The van der Waals surface area contributed by atoms with Gasteiger partial charge >= 0.3 is 0 Å². The molecule has 0 saturated carbocycles. The molecule has 0 fully saturated rings. The summed E-state index contributed by atoms with van der Waals surface area (Å²) in [5.41, 5.74) is 0. The van der Waals surface area contributed by atoms with Crippen molar-refractivity contribution < 1.29 is 0 Å². The summed E-state index contributed by atoms with van der Waals surface area (Å²) in [6.45, 7) is 0. The minimum absolute atomic E-state index is 0.00617. The van der Waals surface area contributed by atoms with Crippen molar-refractivity contribution in [1.82, 2.24) is 4.41 Å². The van der Waals surface area contributed by atoms with Crippen LogP contribution in [0.25, 0.3) is 0 Å². The van der Waals surface area contributed by atoms with Crippen molar-refractivity contribution in [2.75, 3.05) is 13.3 Å². The van der Waals surface area contributed by atoms with Crippen LogP contribution in [0.4, 0.5) is 0 Å². The largest absolute Gasteiger partial charge is 0.260 e. The molecule has 0 radical (unpaired) electrons. The van der Waals surface area contributed by atoms with E-state index in [9.17, 15) is 0 Å². The van der Waals surface area contributed by atoms with E-state index in [0.717, 1.165) is 0 Å². The lowest BCUT2D eigenvalue weighted by atomic mass is 11.5. The fourth-order valence-electron chi connectivity index (χ4n) is 0. The van der Waals surface area contributed by atoms with Crippen LogP contribution in [0.3, 0.4) is 0 Å². The molecule has 2 N–H and O–H groups in total. The lowest BCUT2D eigenvalue weighted by molar-refractivity contribution is 0.611. The molecule has 1 unspecified atom stereocenters. The molecule has 0 aliphatic rings. The first kappa shape index (κ1) is 6.14. The van der Waals surface area contributed by atoms with E-state index in [1.165, 1.54) is 0 Å². The molecule has 0 rings (SSSR count). The number of hydrogen-bond donors (Lipinski definition) is 1. The first-order chi connectivity index (χ1) is 2.64. The van der Waals surface area contributed by atoms with Crippen molar-refractivity contribution in [1.29, 1.82) is 0 Å². The SMILES string of the molecule is C=S(C)N(C)N. The Bertz CT molecular complexity index is 59.8. The number of nitrogens with zero attached hydrogens (tertiary/aromatic N) is 1. The summed E-state index contributed by atoms with van der Waals surface area (Å²) in [7, 11) is 1.80. The Morgan fingerprint density at radius 1 is 1.83 bits per heavy atom. The van der Waals surface area contributed by atoms with E-state index in [1.807, 2.05) is 6.26 Å². The molecule has 38 valence electrons. The Morgan fingerprint density at radius 3 is 2.00 bits per heavy atom. The van der Waals surface area contributed by atoms with Gasteiger partial charge in [-0.15, -0.1) is 10.7 Å². The Morgan fingerprint density at radius 2 is 2.00 bits per heavy atom. The van der Waals surface area contributed by atoms with Gasteiger partial charge in [0.25, 0.3) is 0 Å². The predicted molar refractivity (Wildman–Crippen MR) is 32.6 cm³/mol. The molecule has 0 aromatic heterocycles. The van der Waals surface area contributed by atoms with Gasteiger partial charge in [0.1, 0.15) is 0 Å². The second kappa shape index (κ2) is 2.34. The molecular formula is C3H10N2S. The zero-order valence-corrected chi connectivity index (χ0v) is 4.96. The summed E-state index contributed by atoms with van der Waals surface area (Å²) in [6, 6.07) is 0. The molecule has 0 aliphatic carbocycles. The molecule has 0 saturated heterocycles. The molecule has 0 bridgehead atoms. The second-order valence-corrected chi connectivity index (χ2v) is 2.92. The summed E-state index contributed by atoms with van der Waals surface area (Å²) in [6.07, 6.45) is 1.96. The number of nitrogens with two attached hydrogens (primary N) is 1. The van der Waals surface area contributed by atoms with Crippen LogP contribution in [0, 0.1) is 0 Å². The lowest BCUT2D eigenvalue weighted by Gasteiger charge is -2.06. The number of hydrazine groups is 1. The van der Waals surface area contributed by atoms with Crippen molar-refractivity contribution >= 4 is 16.5 Å². The van der Waals surface area contributed by atoms with Gasteiger partial charge in [-0.05, 0) is 6.26 Å². The quantitative estimate of drug-likeness (QED) is 0.290. The summed E-state index contributed by atoms with van der Waals surface area (Å²) in [5.74, 6) is 8.89. The summed E-state index contributed by atoms with van der Waals surface area (Å²) in [5, 5.41) is 0. The lowest BCUT2D eigenvalue weighted by Crippen LogP contribution is -2.18. The van der Waals surface area contributed by atoms with Crippen LogP contribution in [0.2, 0.25) is 0 Å². The van der Waals surface area contributed by atoms with Gasteiger partial charge in [0.15, 0.2) is 0 Å². The first-order valence-electron chi connectivity index (χ1n) is 1.58. The van der Waals surface area contributed by atoms with E-state index in [-0.39, 0.29) is 10.7 Å². The average molecular weight is 106 g/mol. The Labute approximate surface area is 41.0 Å². The second-order valence-electron chi connectivity index (χ2n) is 1.15. The molecular weight excluding hydrogens is 96.1 g/mol. The van der Waals surface area contributed by atoms with Crippen LogP contribution in [-0.2, 0) is 0 Å². The van der Waals surface area contributed by atoms with Gasteiger partial charge in [-0.3, -0.25) is 5.84 Å². The molecule has 0 aliphatic heterocycles. The van der Waals surface area contributed by atoms with Gasteiger partial charge in [0.2, 0.25) is 0 Å². The molecule has 0 heterocycles. The van der Waals surface area contributed by atoms with Gasteiger partial charge in [0.05, 0.1) is 0 Å². The van der Waals surface area contributed by atoms with Gasteiger partial charge in [-0.1, -0.05) is 5.87 Å². The molecule has 0 aromatic carbocycles. The Kier molecular flexibility index (Phi) is 2.39. The first-order valence-corrected chi connectivity index (χ1v) is 3.34. The molecule has 2 nitrogen and oxygen atoms in total. The number of hydrogen-bond acceptors (Lipinski definition) is 2. The van der Waals surface area contributed by atoms with Crippen molar-refractivity contribution in [3.63, 3.8) is 0 Å². The van der Waals surface area contributed by atoms with E-state index in [0.29, 0.717) is 0 Å². The number of rotatable bonds is 1. The highest BCUT2D eigenvalue weighted by molar-refractivity contribution is 8.11. The smallest absolute Gasteiger partial charge is 0.0122 e. The minimum atomic E-state index is -0.00617. The van der Waals surface area contributed by atoms with E-state index >= 15 is 0 Å². The van der Waals surface area contributed by atoms with Gasteiger partial charge in [0, 0.05) is 7.05 Å². The maximum atomic E-state index is 5.22. The van der Waals surface area contributed by atoms with Crippen LogP contribution in [0.5, 0.6) is 0 Å². The Balaban J connectivity index is 3.26. The Hall–Kier alpha value is 0.140. The summed E-state index contributed by atoms with van der Waals surface area (Å²) in [4.78, 5) is 0. The maximum absolute atomic E-state index is 5.22. The highest BCUT2D eigenvalue weighted by atomic mass is 32.2. The van der Waals surface area contributed by atoms with E-state index in [4.69, 9.17) is 5.84 Å². The van der Waals surface area contributed by atoms with Crippen LogP contribution in [-0.4, -0.2) is 23.6 Å². The third-order valence-corrected chi connectivity index (χ3v) is 1.47. The minimum Gasteiger partial charge on any atom is -0.260 e. The van der Waals surface area contributed by atoms with E-state index in [2.05, 4.69) is 5.87 Å². The van der Waals surface area contributed by atoms with Gasteiger partial charge in [-0.25, -0.2) is 4.41 Å². The molecule has 6 heavy (non-hydrogen) atoms. The van der Waals surface area contributed by atoms with Crippen LogP contribution in [0.15, 0.2) is 0 Å². The van der Waals surface area contributed by atoms with Gasteiger partial charge < -0.3 is 0 Å². The van der Waals surface area contributed by atoms with Crippen LogP contribution < -0.4 is 5.84 Å². The molecule has 1 atom stereocenters.